The van der Waals surface area contributed by atoms with Gasteiger partial charge in [-0.15, -0.1) is 0 Å². The maximum absolute atomic E-state index is 14.6. The number of carbonyl (C=O) groups excluding carboxylic acids is 2. The van der Waals surface area contributed by atoms with Crippen LogP contribution in [0.25, 0.3) is 17.0 Å². The van der Waals surface area contributed by atoms with E-state index in [9.17, 15) is 27.2 Å². The lowest BCUT2D eigenvalue weighted by Crippen LogP contribution is -2.52. The molecule has 2 atom stereocenters. The van der Waals surface area contributed by atoms with Crippen molar-refractivity contribution in [1.29, 1.82) is 0 Å². The predicted molar refractivity (Wildman–Crippen MR) is 134 cm³/mol. The van der Waals surface area contributed by atoms with Crippen LogP contribution in [0.4, 0.5) is 22.4 Å². The van der Waals surface area contributed by atoms with Crippen molar-refractivity contribution >= 4 is 51.5 Å². The Bertz CT molecular complexity index is 1420. The first-order valence-electron chi connectivity index (χ1n) is 11.4. The van der Waals surface area contributed by atoms with E-state index in [0.717, 1.165) is 22.7 Å². The number of alkyl halides is 4. The lowest BCUT2D eigenvalue weighted by Gasteiger charge is -2.36. The van der Waals surface area contributed by atoms with Gasteiger partial charge < -0.3 is 4.90 Å². The molecule has 0 unspecified atom stereocenters. The van der Waals surface area contributed by atoms with Gasteiger partial charge in [-0.05, 0) is 66.7 Å². The zero-order valence-corrected chi connectivity index (χ0v) is 21.1. The average molecular weight is 553 g/mol. The highest BCUT2D eigenvalue weighted by molar-refractivity contribution is 8.18. The smallest absolute Gasteiger partial charge is 0.303 e. The van der Waals surface area contributed by atoms with Gasteiger partial charge in [0.2, 0.25) is 0 Å². The minimum absolute atomic E-state index is 0.00619. The Morgan fingerprint density at radius 1 is 1.19 bits per heavy atom. The Hall–Kier alpha value is -2.89. The molecule has 2 aromatic carbocycles. The van der Waals surface area contributed by atoms with Crippen molar-refractivity contribution in [2.24, 2.45) is 0 Å². The van der Waals surface area contributed by atoms with E-state index in [2.05, 4.69) is 5.10 Å². The first-order valence-corrected chi connectivity index (χ1v) is 12.6. The number of rotatable bonds is 4. The number of aromatic nitrogens is 2. The number of amides is 2. The molecule has 194 valence electrons. The Morgan fingerprint density at radius 2 is 1.97 bits per heavy atom. The van der Waals surface area contributed by atoms with Crippen molar-refractivity contribution in [3.05, 3.63) is 69.2 Å². The molecule has 0 radical (unpaired) electrons. The van der Waals surface area contributed by atoms with Gasteiger partial charge in [-0.2, -0.15) is 18.3 Å². The first kappa shape index (κ1) is 25.7. The van der Waals surface area contributed by atoms with Crippen LogP contribution >= 0.6 is 23.4 Å². The molecule has 6 nitrogen and oxygen atoms in total. The summed E-state index contributed by atoms with van der Waals surface area (Å²) in [7, 11) is 1.79. The van der Waals surface area contributed by atoms with Crippen LogP contribution in [0.3, 0.4) is 0 Å². The zero-order valence-electron chi connectivity index (χ0n) is 19.5. The van der Waals surface area contributed by atoms with Crippen LogP contribution in [0.15, 0.2) is 47.5 Å². The summed E-state index contributed by atoms with van der Waals surface area (Å²) in [6.45, 7) is 0.633. The maximum Gasteiger partial charge on any atom is 0.416 e. The van der Waals surface area contributed by atoms with Crippen LogP contribution in [0.2, 0.25) is 5.02 Å². The van der Waals surface area contributed by atoms with Crippen molar-refractivity contribution in [1.82, 2.24) is 19.6 Å². The highest BCUT2D eigenvalue weighted by Crippen LogP contribution is 2.37. The molecule has 3 heterocycles. The average Bonchev–Trinajstić information content (AvgIpc) is 3.34. The molecule has 2 aliphatic rings. The second kappa shape index (κ2) is 9.77. The Kier molecular flexibility index (Phi) is 6.80. The van der Waals surface area contributed by atoms with Gasteiger partial charge in [0.1, 0.15) is 6.17 Å². The standard InChI is InChI=1S/C25H21ClF4N4O2S/c1-32-7-6-21(19(27)13-32)34-23(35)22(37-24(34)36)9-14-2-5-20-16(8-14)11-31-33(20)12-15-3-4-17(26)10-18(15)25(28,29)30/h2-5,8-11,19,21H,6-7,12-13H2,1H3/t19-,21-/m0/s1. The number of thioether (sulfide) groups is 1. The fourth-order valence-electron chi connectivity index (χ4n) is 4.69. The second-order valence-corrected chi connectivity index (χ2v) is 10.5. The SMILES string of the molecule is CN1CC[C@H](N2C(=O)SC(=Cc3ccc4c(cnn4Cc4ccc(Cl)cc4C(F)(F)F)c3)C2=O)[C@@H](F)C1. The van der Waals surface area contributed by atoms with E-state index in [0.29, 0.717) is 29.4 Å². The monoisotopic (exact) mass is 552 g/mol. The molecule has 1 aromatic heterocycles. The molecule has 0 aliphatic carbocycles. The highest BCUT2D eigenvalue weighted by atomic mass is 35.5. The number of benzene rings is 2. The molecule has 2 fully saturated rings. The summed E-state index contributed by atoms with van der Waals surface area (Å²) in [4.78, 5) is 28.6. The summed E-state index contributed by atoms with van der Waals surface area (Å²) in [6, 6.07) is 7.95. The highest BCUT2D eigenvalue weighted by Gasteiger charge is 2.44. The van der Waals surface area contributed by atoms with Crippen LogP contribution < -0.4 is 0 Å². The van der Waals surface area contributed by atoms with Crippen molar-refractivity contribution in [3.63, 3.8) is 0 Å². The maximum atomic E-state index is 14.6. The minimum Gasteiger partial charge on any atom is -0.303 e. The van der Waals surface area contributed by atoms with Gasteiger partial charge in [0.25, 0.3) is 11.1 Å². The van der Waals surface area contributed by atoms with E-state index in [1.807, 2.05) is 4.90 Å². The number of piperidine rings is 1. The van der Waals surface area contributed by atoms with Crippen LogP contribution in [-0.4, -0.2) is 63.1 Å². The van der Waals surface area contributed by atoms with Crippen LogP contribution in [0.1, 0.15) is 23.1 Å². The summed E-state index contributed by atoms with van der Waals surface area (Å²) < 4.78 is 56.5. The van der Waals surface area contributed by atoms with Crippen molar-refractivity contribution in [3.8, 4) is 0 Å². The molecule has 0 saturated carbocycles. The van der Waals surface area contributed by atoms with Gasteiger partial charge in [-0.3, -0.25) is 19.2 Å². The summed E-state index contributed by atoms with van der Waals surface area (Å²) in [5.41, 5.74) is 0.413. The molecule has 2 saturated heterocycles. The molecule has 2 amide bonds. The number of imide groups is 1. The number of hydrogen-bond acceptors (Lipinski definition) is 5. The Balaban J connectivity index is 1.39. The number of hydrogen-bond donors (Lipinski definition) is 0. The summed E-state index contributed by atoms with van der Waals surface area (Å²) in [5, 5.41) is 4.39. The molecule has 3 aromatic rings. The van der Waals surface area contributed by atoms with E-state index in [1.54, 1.807) is 31.3 Å². The van der Waals surface area contributed by atoms with E-state index < -0.39 is 35.1 Å². The topological polar surface area (TPSA) is 58.4 Å². The van der Waals surface area contributed by atoms with Gasteiger partial charge in [-0.1, -0.05) is 23.7 Å². The van der Waals surface area contributed by atoms with Gasteiger partial charge in [-0.25, -0.2) is 4.39 Å². The third-order valence-corrected chi connectivity index (χ3v) is 7.65. The number of nitrogens with zero attached hydrogens (tertiary/aromatic N) is 4. The number of carbonyl (C=O) groups is 2. The van der Waals surface area contributed by atoms with Gasteiger partial charge in [0.15, 0.2) is 0 Å². The van der Waals surface area contributed by atoms with Crippen molar-refractivity contribution in [2.45, 2.75) is 31.4 Å². The van der Waals surface area contributed by atoms with Crippen molar-refractivity contribution in [2.75, 3.05) is 20.1 Å². The number of likely N-dealkylation sites (tertiary alicyclic amines) is 1. The molecule has 5 rings (SSSR count). The van der Waals surface area contributed by atoms with Crippen molar-refractivity contribution < 1.29 is 27.2 Å². The quantitative estimate of drug-likeness (QED) is 0.301. The third-order valence-electron chi connectivity index (χ3n) is 6.53. The molecule has 0 spiro atoms. The minimum atomic E-state index is -4.56. The molecular weight excluding hydrogens is 532 g/mol. The summed E-state index contributed by atoms with van der Waals surface area (Å²) >= 11 is 6.54. The number of fused-ring (bicyclic) bond motifs is 1. The largest absolute Gasteiger partial charge is 0.416 e. The third kappa shape index (κ3) is 5.12. The van der Waals surface area contributed by atoms with E-state index in [-0.39, 0.29) is 28.6 Å². The molecular formula is C25H21ClF4N4O2S. The fourth-order valence-corrected chi connectivity index (χ4v) is 5.74. The van der Waals surface area contributed by atoms with E-state index >= 15 is 0 Å². The van der Waals surface area contributed by atoms with E-state index in [1.165, 1.54) is 23.0 Å². The molecule has 0 bridgehead atoms. The normalized spacial score (nSPS) is 22.5. The molecule has 37 heavy (non-hydrogen) atoms. The van der Waals surface area contributed by atoms with Crippen LogP contribution in [0.5, 0.6) is 0 Å². The fraction of sp³-hybridized carbons (Fsp3) is 0.320. The Morgan fingerprint density at radius 3 is 2.70 bits per heavy atom. The lowest BCUT2D eigenvalue weighted by atomic mass is 10.0. The van der Waals surface area contributed by atoms with Gasteiger partial charge in [0.05, 0.1) is 34.8 Å². The predicted octanol–water partition coefficient (Wildman–Crippen LogP) is 5.84. The molecule has 0 N–H and O–H groups in total. The number of halogens is 5. The van der Waals surface area contributed by atoms with Crippen LogP contribution in [0, 0.1) is 0 Å². The molecule has 2 aliphatic heterocycles. The van der Waals surface area contributed by atoms with Crippen LogP contribution in [-0.2, 0) is 17.5 Å². The van der Waals surface area contributed by atoms with Gasteiger partial charge in [0, 0.05) is 23.5 Å². The molecule has 12 heteroatoms. The first-order chi connectivity index (χ1) is 17.5. The second-order valence-electron chi connectivity index (χ2n) is 9.11. The van der Waals surface area contributed by atoms with Gasteiger partial charge >= 0.3 is 6.18 Å². The summed E-state index contributed by atoms with van der Waals surface area (Å²) in [6.07, 6.45) is -2.42. The zero-order chi connectivity index (χ0) is 26.5. The lowest BCUT2D eigenvalue weighted by molar-refractivity contribution is -0.138. The van der Waals surface area contributed by atoms with E-state index in [4.69, 9.17) is 11.6 Å². The summed E-state index contributed by atoms with van der Waals surface area (Å²) in [5.74, 6) is -0.523. The Labute approximate surface area is 218 Å².